The molecule has 1 aliphatic heterocycles. The molecular formula is C22H21ClN4OS. The highest BCUT2D eigenvalue weighted by molar-refractivity contribution is 7.17. The van der Waals surface area contributed by atoms with Crippen molar-refractivity contribution >= 4 is 33.2 Å². The summed E-state index contributed by atoms with van der Waals surface area (Å²) >= 11 is 7.85. The maximum Gasteiger partial charge on any atom is 0.260 e. The van der Waals surface area contributed by atoms with E-state index in [4.69, 9.17) is 16.6 Å². The molecule has 1 saturated heterocycles. The number of benzene rings is 1. The standard InChI is InChI=1S/C22H21ClN4OS/c1-26-10-4-8-17(26)18-9-5-11-27(18)12-19-24-21(28)20-15(13-29-22(20)25-19)14-6-2-3-7-16(14)23/h2-4,6-8,10,13,18H,5,9,11-12H2,1H3,(H,24,25,28)/t18-/m0/s1. The van der Waals surface area contributed by atoms with Gasteiger partial charge in [-0.1, -0.05) is 29.8 Å². The lowest BCUT2D eigenvalue weighted by Gasteiger charge is -2.24. The number of hydrogen-bond acceptors (Lipinski definition) is 4. The molecular weight excluding hydrogens is 404 g/mol. The number of thiophene rings is 1. The van der Waals surface area contributed by atoms with Gasteiger partial charge in [0.1, 0.15) is 10.7 Å². The molecule has 5 rings (SSSR count). The van der Waals surface area contributed by atoms with E-state index in [9.17, 15) is 4.79 Å². The first-order chi connectivity index (χ1) is 14.1. The van der Waals surface area contributed by atoms with Crippen molar-refractivity contribution in [1.82, 2.24) is 19.4 Å². The lowest BCUT2D eigenvalue weighted by molar-refractivity contribution is 0.235. The molecule has 29 heavy (non-hydrogen) atoms. The minimum atomic E-state index is -0.101. The van der Waals surface area contributed by atoms with Gasteiger partial charge in [-0.2, -0.15) is 0 Å². The second-order valence-electron chi connectivity index (χ2n) is 7.49. The molecule has 1 aromatic carbocycles. The third-order valence-corrected chi connectivity index (χ3v) is 6.90. The molecule has 7 heteroatoms. The van der Waals surface area contributed by atoms with Crippen molar-refractivity contribution in [1.29, 1.82) is 0 Å². The number of H-pyrrole nitrogens is 1. The fraction of sp³-hybridized carbons (Fsp3) is 0.273. The van der Waals surface area contributed by atoms with Crippen LogP contribution in [0.15, 0.2) is 52.8 Å². The second-order valence-corrected chi connectivity index (χ2v) is 8.76. The van der Waals surface area contributed by atoms with Crippen LogP contribution in [0.2, 0.25) is 5.02 Å². The Morgan fingerprint density at radius 2 is 2.10 bits per heavy atom. The largest absolute Gasteiger partial charge is 0.353 e. The predicted octanol–water partition coefficient (Wildman–Crippen LogP) is 4.98. The van der Waals surface area contributed by atoms with Crippen LogP contribution in [0.1, 0.15) is 30.4 Å². The zero-order valence-corrected chi connectivity index (χ0v) is 17.6. The Morgan fingerprint density at radius 1 is 1.24 bits per heavy atom. The molecule has 0 aliphatic carbocycles. The highest BCUT2D eigenvalue weighted by atomic mass is 35.5. The van der Waals surface area contributed by atoms with E-state index in [0.717, 1.165) is 41.2 Å². The number of nitrogens with zero attached hydrogens (tertiary/aromatic N) is 3. The van der Waals surface area contributed by atoms with Crippen LogP contribution in [-0.2, 0) is 13.6 Å². The summed E-state index contributed by atoms with van der Waals surface area (Å²) in [7, 11) is 2.08. The molecule has 0 spiro atoms. The van der Waals surface area contributed by atoms with Gasteiger partial charge in [-0.3, -0.25) is 9.69 Å². The van der Waals surface area contributed by atoms with Crippen molar-refractivity contribution in [3.63, 3.8) is 0 Å². The summed E-state index contributed by atoms with van der Waals surface area (Å²) < 4.78 is 2.18. The number of halogens is 1. The first-order valence-corrected chi connectivity index (χ1v) is 11.0. The fourth-order valence-corrected chi connectivity index (χ4v) is 5.50. The van der Waals surface area contributed by atoms with E-state index in [2.05, 4.69) is 39.8 Å². The average Bonchev–Trinajstić information content (AvgIpc) is 3.42. The first kappa shape index (κ1) is 18.6. The Hall–Kier alpha value is -2.41. The summed E-state index contributed by atoms with van der Waals surface area (Å²) in [5.41, 5.74) is 2.92. The Morgan fingerprint density at radius 3 is 2.90 bits per heavy atom. The van der Waals surface area contributed by atoms with Gasteiger partial charge in [0.25, 0.3) is 5.56 Å². The van der Waals surface area contributed by atoms with Crippen molar-refractivity contribution in [3.05, 3.63) is 74.9 Å². The quantitative estimate of drug-likeness (QED) is 0.502. The van der Waals surface area contributed by atoms with Crippen molar-refractivity contribution in [2.45, 2.75) is 25.4 Å². The monoisotopic (exact) mass is 424 g/mol. The smallest absolute Gasteiger partial charge is 0.260 e. The zero-order chi connectivity index (χ0) is 20.0. The molecule has 1 fully saturated rings. The Kier molecular flexibility index (Phi) is 4.78. The van der Waals surface area contributed by atoms with Gasteiger partial charge in [-0.25, -0.2) is 4.98 Å². The van der Waals surface area contributed by atoms with Gasteiger partial charge in [-0.15, -0.1) is 11.3 Å². The highest BCUT2D eigenvalue weighted by Gasteiger charge is 2.28. The van der Waals surface area contributed by atoms with Gasteiger partial charge in [0.2, 0.25) is 0 Å². The van der Waals surface area contributed by atoms with Crippen molar-refractivity contribution < 1.29 is 0 Å². The number of hydrogen-bond donors (Lipinski definition) is 1. The Balaban J connectivity index is 1.49. The van der Waals surface area contributed by atoms with E-state index >= 15 is 0 Å². The number of fused-ring (bicyclic) bond motifs is 1. The van der Waals surface area contributed by atoms with Crippen LogP contribution >= 0.6 is 22.9 Å². The van der Waals surface area contributed by atoms with E-state index in [1.807, 2.05) is 29.6 Å². The van der Waals surface area contributed by atoms with Crippen molar-refractivity contribution in [3.8, 4) is 11.1 Å². The normalized spacial score (nSPS) is 17.4. The lowest BCUT2D eigenvalue weighted by atomic mass is 10.1. The number of rotatable bonds is 4. The van der Waals surface area contributed by atoms with Gasteiger partial charge < -0.3 is 9.55 Å². The van der Waals surface area contributed by atoms with Gasteiger partial charge in [0, 0.05) is 40.5 Å². The predicted molar refractivity (Wildman–Crippen MR) is 118 cm³/mol. The molecule has 0 unspecified atom stereocenters. The Labute approximate surface area is 177 Å². The number of aromatic nitrogens is 3. The fourth-order valence-electron chi connectivity index (χ4n) is 4.31. The minimum Gasteiger partial charge on any atom is -0.353 e. The molecule has 0 bridgehead atoms. The topological polar surface area (TPSA) is 53.9 Å². The van der Waals surface area contributed by atoms with E-state index in [1.54, 1.807) is 0 Å². The molecule has 3 aromatic heterocycles. The molecule has 1 aliphatic rings. The van der Waals surface area contributed by atoms with Crippen LogP contribution in [0.4, 0.5) is 0 Å². The summed E-state index contributed by atoms with van der Waals surface area (Å²) in [6.07, 6.45) is 4.36. The zero-order valence-electron chi connectivity index (χ0n) is 16.1. The molecule has 0 radical (unpaired) electrons. The van der Waals surface area contributed by atoms with Crippen molar-refractivity contribution in [2.24, 2.45) is 7.05 Å². The van der Waals surface area contributed by atoms with Gasteiger partial charge >= 0.3 is 0 Å². The van der Waals surface area contributed by atoms with Crippen LogP contribution < -0.4 is 5.56 Å². The number of nitrogens with one attached hydrogen (secondary N) is 1. The van der Waals surface area contributed by atoms with E-state index in [1.165, 1.54) is 17.0 Å². The number of likely N-dealkylation sites (tertiary alicyclic amines) is 1. The van der Waals surface area contributed by atoms with Gasteiger partial charge in [-0.05, 0) is 37.6 Å². The molecule has 148 valence electrons. The lowest BCUT2D eigenvalue weighted by Crippen LogP contribution is -2.26. The summed E-state index contributed by atoms with van der Waals surface area (Å²) in [5, 5.41) is 3.23. The number of aromatic amines is 1. The van der Waals surface area contributed by atoms with E-state index < -0.39 is 0 Å². The second kappa shape index (κ2) is 7.44. The third-order valence-electron chi connectivity index (χ3n) is 5.70. The molecule has 0 amide bonds. The van der Waals surface area contributed by atoms with Crippen LogP contribution in [0.25, 0.3) is 21.3 Å². The molecule has 4 heterocycles. The SMILES string of the molecule is Cn1cccc1[C@@H]1CCCN1Cc1nc2scc(-c3ccccc3Cl)c2c(=O)[nH]1. The maximum atomic E-state index is 12.9. The number of aryl methyl sites for hydroxylation is 1. The van der Waals surface area contributed by atoms with E-state index in [-0.39, 0.29) is 5.56 Å². The minimum absolute atomic E-state index is 0.101. The first-order valence-electron chi connectivity index (χ1n) is 9.72. The highest BCUT2D eigenvalue weighted by Crippen LogP contribution is 2.36. The molecule has 1 N–H and O–H groups in total. The molecule has 0 saturated carbocycles. The molecule has 1 atom stereocenters. The molecule has 5 nitrogen and oxygen atoms in total. The summed E-state index contributed by atoms with van der Waals surface area (Å²) in [5.74, 6) is 0.719. The average molecular weight is 425 g/mol. The van der Waals surface area contributed by atoms with E-state index in [0.29, 0.717) is 23.0 Å². The maximum absolute atomic E-state index is 12.9. The van der Waals surface area contributed by atoms with Crippen LogP contribution in [0, 0.1) is 0 Å². The van der Waals surface area contributed by atoms with Gasteiger partial charge in [0.05, 0.1) is 18.0 Å². The van der Waals surface area contributed by atoms with Crippen LogP contribution in [-0.4, -0.2) is 26.0 Å². The van der Waals surface area contributed by atoms with Crippen molar-refractivity contribution in [2.75, 3.05) is 6.54 Å². The summed E-state index contributed by atoms with van der Waals surface area (Å²) in [4.78, 5) is 23.9. The third kappa shape index (κ3) is 3.31. The van der Waals surface area contributed by atoms with Crippen LogP contribution in [0.3, 0.4) is 0 Å². The van der Waals surface area contributed by atoms with Crippen LogP contribution in [0.5, 0.6) is 0 Å². The molecule has 4 aromatic rings. The van der Waals surface area contributed by atoms with Gasteiger partial charge in [0.15, 0.2) is 0 Å². The summed E-state index contributed by atoms with van der Waals surface area (Å²) in [6.45, 7) is 1.65. The summed E-state index contributed by atoms with van der Waals surface area (Å²) in [6, 6.07) is 12.2. The Bertz CT molecular complexity index is 1240.